The van der Waals surface area contributed by atoms with Crippen LogP contribution in [0.1, 0.15) is 59.7 Å². The van der Waals surface area contributed by atoms with Crippen LogP contribution in [-0.4, -0.2) is 4.98 Å². The second kappa shape index (κ2) is 5.31. The molecule has 0 atom stereocenters. The third kappa shape index (κ3) is 2.33. The van der Waals surface area contributed by atoms with Crippen LogP contribution in [0.5, 0.6) is 0 Å². The average Bonchev–Trinajstić information content (AvgIpc) is 2.48. The summed E-state index contributed by atoms with van der Waals surface area (Å²) in [5.41, 5.74) is 12.0. The number of hydrogen-bond donors (Lipinski definition) is 0. The molecule has 1 heterocycles. The van der Waals surface area contributed by atoms with E-state index in [9.17, 15) is 0 Å². The molecule has 0 aliphatic carbocycles. The Bertz CT molecular complexity index is 913. The van der Waals surface area contributed by atoms with Gasteiger partial charge >= 0.3 is 0 Å². The Morgan fingerprint density at radius 1 is 0.625 bits per heavy atom. The maximum atomic E-state index is 5.08. The summed E-state index contributed by atoms with van der Waals surface area (Å²) in [5, 5.41) is 2.70. The molecule has 0 saturated heterocycles. The molecule has 0 aliphatic rings. The highest BCUT2D eigenvalue weighted by atomic mass is 14.7. The molecule has 1 aromatic heterocycles. The van der Waals surface area contributed by atoms with Crippen molar-refractivity contribution in [3.8, 4) is 0 Å². The molecule has 0 spiro atoms. The van der Waals surface area contributed by atoms with Crippen molar-refractivity contribution in [2.24, 2.45) is 0 Å². The number of nitrogens with zero attached hydrogens (tertiary/aromatic N) is 1. The maximum Gasteiger partial charge on any atom is 0.0718 e. The van der Waals surface area contributed by atoms with Crippen LogP contribution in [0.2, 0.25) is 0 Å². The fourth-order valence-corrected chi connectivity index (χ4v) is 3.93. The highest BCUT2D eigenvalue weighted by Crippen LogP contribution is 2.40. The van der Waals surface area contributed by atoms with Gasteiger partial charge in [-0.25, -0.2) is 4.98 Å². The van der Waals surface area contributed by atoms with Crippen molar-refractivity contribution in [1.29, 1.82) is 0 Å². The van der Waals surface area contributed by atoms with Crippen molar-refractivity contribution >= 4 is 21.8 Å². The number of pyridine rings is 1. The van der Waals surface area contributed by atoms with Gasteiger partial charge in [0.05, 0.1) is 11.0 Å². The summed E-state index contributed by atoms with van der Waals surface area (Å²) in [6.07, 6.45) is 0. The van der Waals surface area contributed by atoms with Crippen LogP contribution < -0.4 is 0 Å². The summed E-state index contributed by atoms with van der Waals surface area (Å²) < 4.78 is 0. The lowest BCUT2D eigenvalue weighted by molar-refractivity contribution is 0.600. The maximum absolute atomic E-state index is 5.08. The topological polar surface area (TPSA) is 12.9 Å². The van der Waals surface area contributed by atoms with Crippen molar-refractivity contribution in [3.05, 3.63) is 51.1 Å². The molecule has 3 aromatic rings. The summed E-state index contributed by atoms with van der Waals surface area (Å²) in [5.74, 6) is 0. The van der Waals surface area contributed by atoms with E-state index < -0.39 is 0 Å². The third-order valence-electron chi connectivity index (χ3n) is 5.77. The molecule has 126 valence electrons. The predicted molar refractivity (Wildman–Crippen MR) is 106 cm³/mol. The Hall–Kier alpha value is -1.89. The lowest BCUT2D eigenvalue weighted by Crippen LogP contribution is -2.15. The van der Waals surface area contributed by atoms with E-state index in [0.717, 1.165) is 11.0 Å². The first kappa shape index (κ1) is 17.0. The smallest absolute Gasteiger partial charge is 0.0718 e. The Morgan fingerprint density at radius 3 is 1.33 bits per heavy atom. The lowest BCUT2D eigenvalue weighted by Gasteiger charge is -2.27. The molecule has 0 N–H and O–H groups in total. The largest absolute Gasteiger partial charge is 0.248 e. The first-order chi connectivity index (χ1) is 11.0. The summed E-state index contributed by atoms with van der Waals surface area (Å²) in [4.78, 5) is 5.08. The van der Waals surface area contributed by atoms with E-state index in [4.69, 9.17) is 4.98 Å². The van der Waals surface area contributed by atoms with Crippen molar-refractivity contribution in [3.63, 3.8) is 0 Å². The van der Waals surface area contributed by atoms with Gasteiger partial charge in [-0.2, -0.15) is 0 Å². The van der Waals surface area contributed by atoms with Crippen LogP contribution in [0.3, 0.4) is 0 Å². The van der Waals surface area contributed by atoms with Crippen LogP contribution in [0.4, 0.5) is 0 Å². The van der Waals surface area contributed by atoms with Gasteiger partial charge < -0.3 is 0 Å². The Balaban J connectivity index is 2.72. The van der Waals surface area contributed by atoms with Crippen molar-refractivity contribution in [2.75, 3.05) is 0 Å². The van der Waals surface area contributed by atoms with Crippen LogP contribution in [0.15, 0.2) is 12.1 Å². The SMILES string of the molecule is Cc1cc2nc3cc(C)c(C)c(C)c3c(C(C)(C)C)c2c(C)c1C. The summed E-state index contributed by atoms with van der Waals surface area (Å²) in [6.45, 7) is 20.3. The van der Waals surface area contributed by atoms with Gasteiger partial charge in [0.2, 0.25) is 0 Å². The number of aromatic nitrogens is 1. The summed E-state index contributed by atoms with van der Waals surface area (Å²) in [6, 6.07) is 4.52. The second-order valence-electron chi connectivity index (χ2n) is 8.41. The third-order valence-corrected chi connectivity index (χ3v) is 5.77. The predicted octanol–water partition coefficient (Wildman–Crippen LogP) is 6.54. The van der Waals surface area contributed by atoms with E-state index in [2.05, 4.69) is 74.4 Å². The van der Waals surface area contributed by atoms with E-state index in [1.165, 1.54) is 49.7 Å². The van der Waals surface area contributed by atoms with Gasteiger partial charge in [0.25, 0.3) is 0 Å². The first-order valence-corrected chi connectivity index (χ1v) is 8.85. The van der Waals surface area contributed by atoms with Gasteiger partial charge in [-0.05, 0) is 98.0 Å². The minimum absolute atomic E-state index is 0.0678. The highest BCUT2D eigenvalue weighted by molar-refractivity contribution is 6.02. The lowest BCUT2D eigenvalue weighted by atomic mass is 9.78. The molecule has 0 bridgehead atoms. The standard InChI is InChI=1S/C23H29N/c1-12-10-18-20(16(5)14(12)3)22(23(7,8)9)21-17(6)15(4)13(2)11-19(21)24-18/h10-11H,1-9H3. The monoisotopic (exact) mass is 319 g/mol. The van der Waals surface area contributed by atoms with E-state index in [1.807, 2.05) is 0 Å². The van der Waals surface area contributed by atoms with Gasteiger partial charge in [0.1, 0.15) is 0 Å². The zero-order valence-corrected chi connectivity index (χ0v) is 16.6. The van der Waals surface area contributed by atoms with E-state index >= 15 is 0 Å². The normalized spacial score (nSPS) is 12.4. The van der Waals surface area contributed by atoms with Gasteiger partial charge in [-0.3, -0.25) is 0 Å². The Morgan fingerprint density at radius 2 is 1.00 bits per heavy atom. The molecule has 0 fully saturated rings. The minimum Gasteiger partial charge on any atom is -0.248 e. The molecule has 0 aliphatic heterocycles. The zero-order chi connectivity index (χ0) is 18.0. The molecule has 1 heteroatoms. The number of fused-ring (bicyclic) bond motifs is 2. The average molecular weight is 319 g/mol. The number of aryl methyl sites for hydroxylation is 4. The van der Waals surface area contributed by atoms with Crippen LogP contribution in [0, 0.1) is 41.5 Å². The minimum atomic E-state index is 0.0678. The van der Waals surface area contributed by atoms with Gasteiger partial charge in [-0.1, -0.05) is 20.8 Å². The molecule has 0 radical (unpaired) electrons. The molecule has 0 saturated carbocycles. The first-order valence-electron chi connectivity index (χ1n) is 8.85. The molecule has 1 nitrogen and oxygen atoms in total. The van der Waals surface area contributed by atoms with E-state index in [0.29, 0.717) is 0 Å². The number of benzene rings is 2. The van der Waals surface area contributed by atoms with E-state index in [-0.39, 0.29) is 5.41 Å². The molecule has 24 heavy (non-hydrogen) atoms. The fraction of sp³-hybridized carbons (Fsp3) is 0.435. The fourth-order valence-electron chi connectivity index (χ4n) is 3.93. The molecular weight excluding hydrogens is 290 g/mol. The number of rotatable bonds is 0. The summed E-state index contributed by atoms with van der Waals surface area (Å²) in [7, 11) is 0. The van der Waals surface area contributed by atoms with Crippen LogP contribution in [-0.2, 0) is 5.41 Å². The molecule has 3 rings (SSSR count). The van der Waals surface area contributed by atoms with E-state index in [1.54, 1.807) is 0 Å². The quantitative estimate of drug-likeness (QED) is 0.429. The Labute approximate surface area is 146 Å². The molecule has 0 unspecified atom stereocenters. The van der Waals surface area contributed by atoms with Crippen molar-refractivity contribution < 1.29 is 0 Å². The molecule has 2 aromatic carbocycles. The van der Waals surface area contributed by atoms with Crippen LogP contribution in [0.25, 0.3) is 21.8 Å². The zero-order valence-electron chi connectivity index (χ0n) is 16.6. The Kier molecular flexibility index (Phi) is 3.75. The van der Waals surface area contributed by atoms with Crippen molar-refractivity contribution in [1.82, 2.24) is 4.98 Å². The van der Waals surface area contributed by atoms with Gasteiger partial charge in [0, 0.05) is 10.8 Å². The summed E-state index contributed by atoms with van der Waals surface area (Å²) >= 11 is 0. The molecule has 0 amide bonds. The highest BCUT2D eigenvalue weighted by Gasteiger charge is 2.25. The molecular formula is C23H29N. The van der Waals surface area contributed by atoms with Crippen LogP contribution >= 0.6 is 0 Å². The number of hydrogen-bond acceptors (Lipinski definition) is 1. The van der Waals surface area contributed by atoms with Crippen molar-refractivity contribution in [2.45, 2.75) is 67.7 Å². The van der Waals surface area contributed by atoms with Gasteiger partial charge in [-0.15, -0.1) is 0 Å². The van der Waals surface area contributed by atoms with Gasteiger partial charge in [0.15, 0.2) is 0 Å². The second-order valence-corrected chi connectivity index (χ2v) is 8.41.